The fourth-order valence-corrected chi connectivity index (χ4v) is 55.7. The van der Waals surface area contributed by atoms with Gasteiger partial charge >= 0.3 is 68.5 Å². The van der Waals surface area contributed by atoms with Crippen LogP contribution < -0.4 is 0 Å². The van der Waals surface area contributed by atoms with Gasteiger partial charge in [-0.25, -0.2) is 0 Å². The Morgan fingerprint density at radius 2 is 0.595 bits per heavy atom. The first-order valence-electron chi connectivity index (χ1n) is 13.4. The van der Waals surface area contributed by atoms with Gasteiger partial charge in [-0.05, 0) is 122 Å². The molecule has 2 rings (SSSR count). The second kappa shape index (κ2) is 11.0. The van der Waals surface area contributed by atoms with Crippen molar-refractivity contribution in [2.24, 2.45) is 0 Å². The average molecular weight is 679 g/mol. The van der Waals surface area contributed by atoms with Crippen LogP contribution in [0.5, 0.6) is 0 Å². The Morgan fingerprint density at radius 3 is 0.811 bits per heavy atom. The van der Waals surface area contributed by atoms with Crippen molar-refractivity contribution in [2.75, 3.05) is 0 Å². The van der Waals surface area contributed by atoms with Crippen LogP contribution in [0.2, 0.25) is 122 Å². The number of rotatable bonds is 6. The molecule has 0 aromatic carbocycles. The molecule has 0 spiro atoms. The van der Waals surface area contributed by atoms with Crippen LogP contribution in [0.4, 0.5) is 0 Å². The van der Waals surface area contributed by atoms with Gasteiger partial charge in [0, 0.05) is 0 Å². The lowest BCUT2D eigenvalue weighted by molar-refractivity contribution is 0.233. The summed E-state index contributed by atoms with van der Waals surface area (Å²) in [5.41, 5.74) is 0. The Labute approximate surface area is 236 Å². The summed E-state index contributed by atoms with van der Waals surface area (Å²) in [5, 5.41) is 0. The third-order valence-corrected chi connectivity index (χ3v) is 42.5. The van der Waals surface area contributed by atoms with Gasteiger partial charge in [-0.15, -0.1) is 0 Å². The third-order valence-electron chi connectivity index (χ3n) is 6.05. The summed E-state index contributed by atoms with van der Waals surface area (Å²) >= 11 is 0. The Kier molecular flexibility index (Phi) is 10.4. The van der Waals surface area contributed by atoms with Gasteiger partial charge in [0.2, 0.25) is 0 Å². The summed E-state index contributed by atoms with van der Waals surface area (Å²) < 4.78 is 52.8. The van der Waals surface area contributed by atoms with E-state index in [0.717, 1.165) is 12.1 Å². The molecule has 220 valence electrons. The summed E-state index contributed by atoms with van der Waals surface area (Å²) in [6.07, 6.45) is 0. The predicted molar refractivity (Wildman–Crippen MR) is 170 cm³/mol. The van der Waals surface area contributed by atoms with Crippen molar-refractivity contribution in [3.8, 4) is 0 Å². The maximum Gasteiger partial charge on any atom is 0.317 e. The van der Waals surface area contributed by atoms with Gasteiger partial charge in [-0.2, -0.15) is 0 Å². The van der Waals surface area contributed by atoms with Crippen LogP contribution in [0.15, 0.2) is 0 Å². The fourth-order valence-electron chi connectivity index (χ4n) is 5.94. The van der Waals surface area contributed by atoms with Crippen molar-refractivity contribution in [1.82, 2.24) is 0 Å². The molecule has 0 aromatic rings. The predicted octanol–water partition coefficient (Wildman–Crippen LogP) is 6.07. The lowest BCUT2D eigenvalue weighted by atomic mass is 10.9. The van der Waals surface area contributed by atoms with Crippen LogP contribution in [-0.4, -0.2) is 81.6 Å². The molecule has 0 radical (unpaired) electrons. The maximum absolute atomic E-state index is 11.6. The fraction of sp³-hybridized carbons (Fsp3) is 1.00. The Bertz CT molecular complexity index is 713. The first-order valence-corrected chi connectivity index (χ1v) is 38.2. The van der Waals surface area contributed by atoms with E-state index < -0.39 is 76.8 Å². The lowest BCUT2D eigenvalue weighted by Gasteiger charge is -2.48. The normalized spacial score (nSPS) is 29.8. The molecule has 2 aliphatic rings. The lowest BCUT2D eigenvalue weighted by Crippen LogP contribution is -2.65. The zero-order chi connectivity index (χ0) is 29.0. The maximum atomic E-state index is 11.6. The minimum absolute atomic E-state index is 0.699. The molecule has 1 N–H and O–H groups in total. The minimum atomic E-state index is -2.63. The zero-order valence-electron chi connectivity index (χ0n) is 26.0. The van der Waals surface area contributed by atoms with Gasteiger partial charge in [0.25, 0.3) is 0 Å². The van der Waals surface area contributed by atoms with Gasteiger partial charge in [-0.3, -0.25) is 0 Å². The molecule has 0 saturated carbocycles. The van der Waals surface area contributed by atoms with Gasteiger partial charge in [-0.1, -0.05) is 0 Å². The second-order valence-electron chi connectivity index (χ2n) is 14.0. The molecule has 0 bridgehead atoms. The van der Waals surface area contributed by atoms with E-state index in [0.29, 0.717) is 12.1 Å². The van der Waals surface area contributed by atoms with E-state index in [1.165, 1.54) is 0 Å². The molecule has 18 heteroatoms. The molecule has 2 heterocycles. The topological polar surface area (TPSA) is 94.1 Å². The van der Waals surface area contributed by atoms with E-state index in [-0.39, 0.29) is 0 Å². The molecule has 0 unspecified atom stereocenters. The molecule has 37 heavy (non-hydrogen) atoms. The van der Waals surface area contributed by atoms with Gasteiger partial charge < -0.3 is 37.7 Å². The highest BCUT2D eigenvalue weighted by atomic mass is 28.5. The molecular formula is C19H54O9Si9. The van der Waals surface area contributed by atoms with E-state index in [1.807, 2.05) is 6.55 Å². The highest BCUT2D eigenvalue weighted by Crippen LogP contribution is 2.37. The van der Waals surface area contributed by atoms with Gasteiger partial charge in [0.05, 0.1) is 0 Å². The smallest absolute Gasteiger partial charge is 0.317 e. The Hall–Kier alpha value is 1.59. The summed E-state index contributed by atoms with van der Waals surface area (Å²) in [6, 6.07) is 2.84. The quantitative estimate of drug-likeness (QED) is 0.336. The minimum Gasteiger partial charge on any atom is -0.432 e. The van der Waals surface area contributed by atoms with E-state index in [4.69, 9.17) is 32.9 Å². The van der Waals surface area contributed by atoms with Crippen molar-refractivity contribution in [3.63, 3.8) is 0 Å². The molecule has 0 atom stereocenters. The summed E-state index contributed by atoms with van der Waals surface area (Å²) in [5.74, 6) is 0. The highest BCUT2D eigenvalue weighted by Gasteiger charge is 2.55. The standard InChI is InChI=1S/C19H54O9Si9/c1-29(2)21-31(5,6)25-36(14,26-32(7,8)22-29)18-16-35(13,20)17-19-37(15)27-33(9,10)23-30(3,4)24-34(11,12)28-37/h20H,16-19H2,1-15H3. The number of hydrogen-bond donors (Lipinski definition) is 1. The van der Waals surface area contributed by atoms with Crippen molar-refractivity contribution in [1.29, 1.82) is 0 Å². The summed E-state index contributed by atoms with van der Waals surface area (Å²) in [6.45, 7) is 31.2. The van der Waals surface area contributed by atoms with Crippen LogP contribution in [0.25, 0.3) is 0 Å². The first-order chi connectivity index (χ1) is 16.1. The molecule has 0 aromatic heterocycles. The van der Waals surface area contributed by atoms with Crippen molar-refractivity contribution in [2.45, 2.75) is 122 Å². The largest absolute Gasteiger partial charge is 0.432 e. The van der Waals surface area contributed by atoms with Crippen molar-refractivity contribution < 1.29 is 37.7 Å². The van der Waals surface area contributed by atoms with E-state index in [2.05, 4.69) is 91.7 Å². The van der Waals surface area contributed by atoms with Crippen LogP contribution in [0, 0.1) is 0 Å². The Morgan fingerprint density at radius 1 is 0.405 bits per heavy atom. The molecule has 2 aliphatic heterocycles. The zero-order valence-corrected chi connectivity index (χ0v) is 35.0. The SMILES string of the molecule is C[Si](O)(CC[Si]1(C)O[Si](C)(C)O[Si](C)(C)O[Si](C)(C)O1)CC[Si]1(C)O[Si](C)(C)O[Si](C)(C)O[Si](C)(C)O1. The molecule has 0 amide bonds. The van der Waals surface area contributed by atoms with Crippen LogP contribution in [0.3, 0.4) is 0 Å². The molecule has 2 fully saturated rings. The van der Waals surface area contributed by atoms with E-state index >= 15 is 0 Å². The molecule has 0 aliphatic carbocycles. The molecule has 9 nitrogen and oxygen atoms in total. The van der Waals surface area contributed by atoms with Crippen LogP contribution >= 0.6 is 0 Å². The van der Waals surface area contributed by atoms with Gasteiger partial charge in [0.15, 0.2) is 8.32 Å². The first kappa shape index (κ1) is 34.8. The summed E-state index contributed by atoms with van der Waals surface area (Å²) in [4.78, 5) is 11.6. The van der Waals surface area contributed by atoms with Crippen LogP contribution in [-0.2, 0) is 32.9 Å². The van der Waals surface area contributed by atoms with Crippen molar-refractivity contribution in [3.05, 3.63) is 0 Å². The molecular weight excluding hydrogens is 625 g/mol. The monoisotopic (exact) mass is 678 g/mol. The molecule has 2 saturated heterocycles. The van der Waals surface area contributed by atoms with Crippen LogP contribution in [0.1, 0.15) is 0 Å². The average Bonchev–Trinajstić information content (AvgIpc) is 2.49. The van der Waals surface area contributed by atoms with E-state index in [9.17, 15) is 4.80 Å². The van der Waals surface area contributed by atoms with Crippen molar-refractivity contribution >= 4 is 76.8 Å². The Balaban J connectivity index is 2.13. The van der Waals surface area contributed by atoms with Gasteiger partial charge in [0.1, 0.15) is 0 Å². The number of hydrogen-bond acceptors (Lipinski definition) is 9. The summed E-state index contributed by atoms with van der Waals surface area (Å²) in [7, 11) is -22.2. The highest BCUT2D eigenvalue weighted by molar-refractivity contribution is 6.94. The van der Waals surface area contributed by atoms with E-state index in [1.54, 1.807) is 0 Å². The third kappa shape index (κ3) is 11.8. The second-order valence-corrected chi connectivity index (χ2v) is 46.8.